The first-order chi connectivity index (χ1) is 8.36. The Morgan fingerprint density at radius 2 is 1.18 bits per heavy atom. The first-order valence-electron chi connectivity index (χ1n) is 7.28. The van der Waals surface area contributed by atoms with Crippen LogP contribution in [0.1, 0.15) is 62.8 Å². The Hall–Kier alpha value is -0.980. The van der Waals surface area contributed by atoms with Gasteiger partial charge in [0.25, 0.3) is 0 Å². The van der Waals surface area contributed by atoms with Crippen LogP contribution in [0.5, 0.6) is 0 Å². The van der Waals surface area contributed by atoms with Crippen LogP contribution in [0.3, 0.4) is 0 Å². The molecule has 0 fully saturated rings. The van der Waals surface area contributed by atoms with Crippen LogP contribution in [0.2, 0.25) is 0 Å². The molecule has 2 aliphatic carbocycles. The molecule has 1 aromatic carbocycles. The fraction of sp³-hybridized carbons (Fsp3) is 0.625. The van der Waals surface area contributed by atoms with Gasteiger partial charge >= 0.3 is 0 Å². The van der Waals surface area contributed by atoms with Crippen LogP contribution in [-0.4, -0.2) is 0 Å². The number of nitrogens with two attached hydrogens (primary N) is 1. The van der Waals surface area contributed by atoms with Gasteiger partial charge in [-0.1, -0.05) is 33.8 Å². The van der Waals surface area contributed by atoms with E-state index in [9.17, 15) is 0 Å². The molecule has 0 bridgehead atoms. The lowest BCUT2D eigenvalue weighted by molar-refractivity contribution is 0.898. The summed E-state index contributed by atoms with van der Waals surface area (Å²) in [6.07, 6.45) is 7.56. The molecule has 0 saturated carbocycles. The molecular weight excluding hydrogens is 206 g/mol. The van der Waals surface area contributed by atoms with E-state index in [0.717, 1.165) is 5.69 Å². The maximum Gasteiger partial charge on any atom is 0.0384 e. The second-order valence-electron chi connectivity index (χ2n) is 4.27. The maximum atomic E-state index is 6.19. The molecule has 0 spiro atoms. The summed E-state index contributed by atoms with van der Waals surface area (Å²) in [6.45, 7) is 8.00. The lowest BCUT2D eigenvalue weighted by Gasteiger charge is -2.10. The Morgan fingerprint density at radius 3 is 1.59 bits per heavy atom. The Labute approximate surface area is 106 Å². The third kappa shape index (κ3) is 2.65. The van der Waals surface area contributed by atoms with E-state index in [2.05, 4.69) is 6.07 Å². The second kappa shape index (κ2) is 6.68. The summed E-state index contributed by atoms with van der Waals surface area (Å²) in [6, 6.07) is 2.42. The van der Waals surface area contributed by atoms with Gasteiger partial charge < -0.3 is 5.73 Å². The molecule has 0 atom stereocenters. The molecule has 0 aromatic heterocycles. The Balaban J connectivity index is 0.000000330. The normalized spacial score (nSPS) is 15.1. The third-order valence-corrected chi connectivity index (χ3v) is 3.52. The fourth-order valence-corrected chi connectivity index (χ4v) is 2.86. The molecule has 1 aromatic rings. The zero-order valence-corrected chi connectivity index (χ0v) is 11.9. The van der Waals surface area contributed by atoms with Crippen LogP contribution in [0, 0.1) is 0 Å². The minimum absolute atomic E-state index is 1.14. The van der Waals surface area contributed by atoms with Crippen molar-refractivity contribution in [2.45, 2.75) is 66.2 Å². The smallest absolute Gasteiger partial charge is 0.0384 e. The van der Waals surface area contributed by atoms with Crippen LogP contribution in [-0.2, 0) is 25.7 Å². The van der Waals surface area contributed by atoms with Crippen LogP contribution < -0.4 is 5.73 Å². The second-order valence-corrected chi connectivity index (χ2v) is 4.27. The van der Waals surface area contributed by atoms with E-state index in [4.69, 9.17) is 5.73 Å². The molecule has 0 amide bonds. The van der Waals surface area contributed by atoms with Crippen molar-refractivity contribution in [3.05, 3.63) is 28.3 Å². The zero-order valence-electron chi connectivity index (χ0n) is 11.9. The number of aryl methyl sites for hydroxylation is 2. The van der Waals surface area contributed by atoms with Gasteiger partial charge in [0.05, 0.1) is 0 Å². The topological polar surface area (TPSA) is 26.0 Å². The summed E-state index contributed by atoms with van der Waals surface area (Å²) in [5.74, 6) is 0. The molecule has 1 heteroatoms. The van der Waals surface area contributed by atoms with Crippen LogP contribution in [0.15, 0.2) is 6.07 Å². The predicted octanol–water partition coefficient (Wildman–Crippen LogP) is 4.30. The molecule has 2 aliphatic rings. The quantitative estimate of drug-likeness (QED) is 0.664. The van der Waals surface area contributed by atoms with Crippen molar-refractivity contribution in [2.24, 2.45) is 0 Å². The Kier molecular flexibility index (Phi) is 5.54. The first kappa shape index (κ1) is 14.1. The first-order valence-corrected chi connectivity index (χ1v) is 7.28. The minimum Gasteiger partial charge on any atom is -0.398 e. The highest BCUT2D eigenvalue weighted by Crippen LogP contribution is 2.36. The van der Waals surface area contributed by atoms with Gasteiger partial charge in [-0.05, 0) is 60.8 Å². The highest BCUT2D eigenvalue weighted by atomic mass is 14.6. The van der Waals surface area contributed by atoms with Crippen molar-refractivity contribution < 1.29 is 0 Å². The van der Waals surface area contributed by atoms with E-state index in [1.54, 1.807) is 0 Å². The molecule has 0 unspecified atom stereocenters. The van der Waals surface area contributed by atoms with Gasteiger partial charge in [0, 0.05) is 5.69 Å². The molecular formula is C16H27N. The summed E-state index contributed by atoms with van der Waals surface area (Å²) in [5, 5.41) is 0. The predicted molar refractivity (Wildman–Crippen MR) is 77.6 cm³/mol. The van der Waals surface area contributed by atoms with Crippen molar-refractivity contribution in [2.75, 3.05) is 5.73 Å². The summed E-state index contributed by atoms with van der Waals surface area (Å²) in [5.41, 5.74) is 13.4. The molecule has 17 heavy (non-hydrogen) atoms. The highest BCUT2D eigenvalue weighted by Gasteiger charge is 2.21. The van der Waals surface area contributed by atoms with Crippen LogP contribution in [0.4, 0.5) is 5.69 Å². The van der Waals surface area contributed by atoms with Gasteiger partial charge in [0.1, 0.15) is 0 Å². The number of hydrogen-bond acceptors (Lipinski definition) is 1. The van der Waals surface area contributed by atoms with Crippen LogP contribution in [0.25, 0.3) is 0 Å². The molecule has 0 saturated heterocycles. The van der Waals surface area contributed by atoms with Gasteiger partial charge in [-0.2, -0.15) is 0 Å². The molecule has 96 valence electrons. The van der Waals surface area contributed by atoms with E-state index in [0.29, 0.717) is 0 Å². The number of rotatable bonds is 0. The third-order valence-electron chi connectivity index (χ3n) is 3.52. The van der Waals surface area contributed by atoms with E-state index in [1.165, 1.54) is 60.8 Å². The van der Waals surface area contributed by atoms with Gasteiger partial charge in [0.2, 0.25) is 0 Å². The zero-order chi connectivity index (χ0) is 12.8. The van der Waals surface area contributed by atoms with E-state index in [-0.39, 0.29) is 0 Å². The highest BCUT2D eigenvalue weighted by molar-refractivity contribution is 5.63. The summed E-state index contributed by atoms with van der Waals surface area (Å²) < 4.78 is 0. The number of hydrogen-bond donors (Lipinski definition) is 1. The van der Waals surface area contributed by atoms with Gasteiger partial charge in [-0.3, -0.25) is 0 Å². The Morgan fingerprint density at radius 1 is 0.765 bits per heavy atom. The minimum atomic E-state index is 1.14. The summed E-state index contributed by atoms with van der Waals surface area (Å²) in [4.78, 5) is 0. The Bertz CT molecular complexity index is 334. The van der Waals surface area contributed by atoms with E-state index < -0.39 is 0 Å². The largest absolute Gasteiger partial charge is 0.398 e. The van der Waals surface area contributed by atoms with E-state index >= 15 is 0 Å². The molecule has 0 radical (unpaired) electrons. The average molecular weight is 233 g/mol. The fourth-order valence-electron chi connectivity index (χ4n) is 2.86. The standard InChI is InChI=1S/C12H15N.2C2H6/c13-12-10-5-1-3-8(10)7-9-4-2-6-11(9)12;2*1-2/h7H,1-6,13H2;2*1-2H3. The van der Waals surface area contributed by atoms with Crippen LogP contribution >= 0.6 is 0 Å². The number of fused-ring (bicyclic) bond motifs is 2. The SMILES string of the molecule is CC.CC.Nc1c2c(cc3c1CCC3)CCC2. The lowest BCUT2D eigenvalue weighted by atomic mass is 9.99. The van der Waals surface area contributed by atoms with Crippen molar-refractivity contribution >= 4 is 5.69 Å². The monoisotopic (exact) mass is 233 g/mol. The molecule has 0 heterocycles. The molecule has 2 N–H and O–H groups in total. The molecule has 3 rings (SSSR count). The number of benzene rings is 1. The van der Waals surface area contributed by atoms with Crippen molar-refractivity contribution in [1.82, 2.24) is 0 Å². The van der Waals surface area contributed by atoms with Crippen molar-refractivity contribution in [3.63, 3.8) is 0 Å². The summed E-state index contributed by atoms with van der Waals surface area (Å²) >= 11 is 0. The van der Waals surface area contributed by atoms with Gasteiger partial charge in [-0.15, -0.1) is 0 Å². The molecule has 1 nitrogen and oxygen atoms in total. The molecule has 0 aliphatic heterocycles. The van der Waals surface area contributed by atoms with Crippen molar-refractivity contribution in [1.29, 1.82) is 0 Å². The van der Waals surface area contributed by atoms with Crippen molar-refractivity contribution in [3.8, 4) is 0 Å². The van der Waals surface area contributed by atoms with E-state index in [1.807, 2.05) is 27.7 Å². The number of anilines is 1. The average Bonchev–Trinajstić information content (AvgIpc) is 3.03. The van der Waals surface area contributed by atoms with Gasteiger partial charge in [0.15, 0.2) is 0 Å². The maximum absolute atomic E-state index is 6.19. The number of nitrogen functional groups attached to an aromatic ring is 1. The lowest BCUT2D eigenvalue weighted by Crippen LogP contribution is -1.99. The summed E-state index contributed by atoms with van der Waals surface area (Å²) in [7, 11) is 0. The van der Waals surface area contributed by atoms with Gasteiger partial charge in [-0.25, -0.2) is 0 Å².